The van der Waals surface area contributed by atoms with Crippen molar-refractivity contribution in [3.63, 3.8) is 0 Å². The van der Waals surface area contributed by atoms with Crippen LogP contribution in [0.1, 0.15) is 0 Å². The molecule has 78 heteroatoms. The average molecular weight is 2110 g/mol. The fourth-order valence-corrected chi connectivity index (χ4v) is 2.54. The molecule has 0 aromatic carbocycles. The number of allylic oxidation sites excluding steroid dienone is 18. The van der Waals surface area contributed by atoms with E-state index in [2.05, 4.69) is 0 Å². The third-order valence-corrected chi connectivity index (χ3v) is 7.39. The van der Waals surface area contributed by atoms with E-state index in [9.17, 15) is 326 Å². The Hall–Kier alpha value is -6.37. The van der Waals surface area contributed by atoms with Crippen molar-refractivity contribution >= 4 is 52.0 Å². The molecule has 0 fully saturated rings. The molecule has 0 N–H and O–H groups in total. The first-order chi connectivity index (χ1) is 49.9. The van der Waals surface area contributed by atoms with Gasteiger partial charge in [-0.3, -0.25) is 43.2 Å². The molecule has 0 aromatic heterocycles. The summed E-state index contributed by atoms with van der Waals surface area (Å²) in [4.78, 5) is 88.4. The smallest absolute Gasteiger partial charge is 0.869 e. The molecule has 0 saturated heterocycles. The van der Waals surface area contributed by atoms with Crippen molar-refractivity contribution in [2.45, 2.75) is 111 Å². The third kappa shape index (κ3) is 78.8. The predicted molar refractivity (Wildman–Crippen MR) is 227 cm³/mol. The first kappa shape index (κ1) is 151. The molecule has 3 radical (unpaired) electrons. The largest absolute Gasteiger partial charge is 2.00 e. The molecule has 18 nitrogen and oxygen atoms in total. The van der Waals surface area contributed by atoms with E-state index < -0.39 is 270 Å². The first-order valence-corrected chi connectivity index (χ1v) is 23.6. The molecule has 0 unspecified atom stereocenters. The second kappa shape index (κ2) is 56.1. The van der Waals surface area contributed by atoms with Crippen molar-refractivity contribution in [2.75, 3.05) is 0 Å². The summed E-state index contributed by atoms with van der Waals surface area (Å²) < 4.78 is 610. The van der Waals surface area contributed by atoms with Gasteiger partial charge in [0, 0.05) is 0 Å². The Morgan fingerprint density at radius 1 is 0.122 bits per heavy atom. The van der Waals surface area contributed by atoms with Crippen LogP contribution in [0.4, 0.5) is 237 Å². The molecule has 0 aliphatic heterocycles. The maximum Gasteiger partial charge on any atom is 2.00 e. The molecule has 0 amide bonds. The van der Waals surface area contributed by atoms with Crippen LogP contribution in [0.25, 0.3) is 0 Å². The number of carbonyl (C=O) groups is 9. The normalized spacial score (nSPS) is 13.8. The standard InChI is InChI=1S/9C5H2F6O2.3Co.3Na/c9*6-4(7,8)2(12)1-3(13)5(9,10)11;;;;;;/h9*1,12H;;;;;;/q;;;;;;;;;3*+2;3*+1/p-9/b9*2-1-;;;;;;. The molecule has 0 heterocycles. The van der Waals surface area contributed by atoms with Gasteiger partial charge in [0.15, 0.2) is 0 Å². The van der Waals surface area contributed by atoms with Gasteiger partial charge in [0.05, 0.1) is 0 Å². The SMILES string of the molecule is O=C(/C=C(\[O-])C(F)(F)F)C(F)(F)F.O=C(/C=C(\[O-])C(F)(F)F)C(F)(F)F.O=C(/C=C(\[O-])C(F)(F)F)C(F)(F)F.O=C(/C=C(\[O-])C(F)(F)F)C(F)(F)F.O=C(/C=C(\[O-])C(F)(F)F)C(F)(F)F.O=C(/C=C(\[O-])C(F)(F)F)C(F)(F)F.O=C(/C=C(\[O-])C(F)(F)F)C(F)(F)F.O=C(/C=C(\[O-])C(F)(F)F)C(F)(F)F.O=C(/C=C(\[O-])C(F)(F)F)C(F)(F)F.[Co+2].[Co+2].[Co+2].[Na+].[Na+].[Na+]. The Bertz CT molecular complexity index is 2890. The Morgan fingerprint density at radius 3 is 0.187 bits per heavy atom. The molecular weight excluding hydrogens is 2100 g/mol. The van der Waals surface area contributed by atoms with Crippen molar-refractivity contribution in [3.05, 3.63) is 107 Å². The molecule has 0 aromatic rings. The maximum absolute atomic E-state index is 11.3. The van der Waals surface area contributed by atoms with Crippen LogP contribution in [0, 0.1) is 0 Å². The Morgan fingerprint density at radius 2 is 0.163 bits per heavy atom. The number of ketones is 9. The van der Waals surface area contributed by atoms with Gasteiger partial charge in [0.2, 0.25) is 0 Å². The van der Waals surface area contributed by atoms with Crippen molar-refractivity contribution in [3.8, 4) is 0 Å². The van der Waals surface area contributed by atoms with Crippen LogP contribution in [0.3, 0.4) is 0 Å². The molecule has 0 bridgehead atoms. The van der Waals surface area contributed by atoms with Crippen LogP contribution in [0.2, 0.25) is 0 Å². The van der Waals surface area contributed by atoms with E-state index in [4.69, 9.17) is 0 Å². The monoisotopic (exact) mass is 2110 g/mol. The van der Waals surface area contributed by atoms with E-state index in [1.807, 2.05) is 0 Å². The summed E-state index contributed by atoms with van der Waals surface area (Å²) in [6, 6.07) is 0. The van der Waals surface area contributed by atoms with Gasteiger partial charge in [-0.2, -0.15) is 237 Å². The van der Waals surface area contributed by atoms with Crippen LogP contribution in [0.15, 0.2) is 107 Å². The number of alkyl halides is 54. The molecule has 0 aliphatic carbocycles. The van der Waals surface area contributed by atoms with E-state index in [1.54, 1.807) is 0 Å². The topological polar surface area (TPSA) is 361 Å². The van der Waals surface area contributed by atoms with Crippen molar-refractivity contribution in [1.82, 2.24) is 0 Å². The fourth-order valence-electron chi connectivity index (χ4n) is 2.54. The van der Waals surface area contributed by atoms with Gasteiger partial charge in [-0.15, -0.1) is 0 Å². The van der Waals surface area contributed by atoms with Gasteiger partial charge in [0.25, 0.3) is 52.0 Å². The minimum absolute atomic E-state index is 0. The van der Waals surface area contributed by atoms with Gasteiger partial charge in [0.1, 0.15) is 0 Å². The van der Waals surface area contributed by atoms with Crippen LogP contribution in [0.5, 0.6) is 0 Å². The number of hydrogen-bond donors (Lipinski definition) is 0. The molecule has 0 atom stereocenters. The van der Waals surface area contributed by atoms with Crippen molar-refractivity contribution in [2.24, 2.45) is 0 Å². The number of hydrogen-bond acceptors (Lipinski definition) is 18. The molecular formula is C45H9Co3F54Na3O18. The van der Waals surface area contributed by atoms with Crippen molar-refractivity contribution in [1.29, 1.82) is 0 Å². The number of carbonyl (C=O) groups excluding carboxylic acids is 9. The molecule has 0 aliphatic rings. The maximum atomic E-state index is 11.3. The summed E-state index contributed by atoms with van der Waals surface area (Å²) in [6.45, 7) is 0. The zero-order chi connectivity index (χ0) is 97.8. The van der Waals surface area contributed by atoms with E-state index in [0.717, 1.165) is 0 Å². The van der Waals surface area contributed by atoms with Crippen LogP contribution >= 0.6 is 0 Å². The third-order valence-electron chi connectivity index (χ3n) is 7.39. The summed E-state index contributed by atoms with van der Waals surface area (Å²) in [5.41, 5.74) is 0. The van der Waals surface area contributed by atoms with Crippen LogP contribution in [-0.2, 0) is 93.5 Å². The molecule has 705 valence electrons. The second-order valence-corrected chi connectivity index (χ2v) is 16.8. The second-order valence-electron chi connectivity index (χ2n) is 16.8. The van der Waals surface area contributed by atoms with Gasteiger partial charge < -0.3 is 46.0 Å². The van der Waals surface area contributed by atoms with E-state index in [-0.39, 0.29) is 139 Å². The summed E-state index contributed by atoms with van der Waals surface area (Å²) in [7, 11) is 0. The van der Waals surface area contributed by atoms with Crippen LogP contribution < -0.4 is 135 Å². The molecule has 0 rings (SSSR count). The van der Waals surface area contributed by atoms with Crippen LogP contribution in [-0.4, -0.2) is 163 Å². The van der Waals surface area contributed by atoms with E-state index in [0.29, 0.717) is 0 Å². The minimum atomic E-state index is -5.46. The quantitative estimate of drug-likeness (QED) is 0.119. The van der Waals surface area contributed by atoms with E-state index in [1.165, 1.54) is 0 Å². The molecule has 0 saturated carbocycles. The van der Waals surface area contributed by atoms with Gasteiger partial charge >= 0.3 is 250 Å². The Kier molecular flexibility index (Phi) is 68.8. The average Bonchev–Trinajstić information content (AvgIpc) is 0.915. The van der Waals surface area contributed by atoms with Gasteiger partial charge in [-0.1, -0.05) is 0 Å². The van der Waals surface area contributed by atoms with E-state index >= 15 is 0 Å². The Labute approximate surface area is 730 Å². The van der Waals surface area contributed by atoms with Gasteiger partial charge in [-0.05, 0) is 107 Å². The zero-order valence-electron chi connectivity index (χ0n) is 55.0. The summed E-state index contributed by atoms with van der Waals surface area (Å²) in [5.74, 6) is -50.8. The molecule has 0 spiro atoms. The van der Waals surface area contributed by atoms with Gasteiger partial charge in [-0.25, -0.2) is 0 Å². The number of halogens is 54. The summed E-state index contributed by atoms with van der Waals surface area (Å²) in [5, 5.41) is 88.4. The zero-order valence-corrected chi connectivity index (χ0v) is 64.1. The summed E-state index contributed by atoms with van der Waals surface area (Å²) in [6.07, 6.45) is -107. The number of rotatable bonds is 9. The fraction of sp³-hybridized carbons (Fsp3) is 0.400. The summed E-state index contributed by atoms with van der Waals surface area (Å²) >= 11 is 0. The van der Waals surface area contributed by atoms with Crippen molar-refractivity contribution < 1.29 is 465 Å². The predicted octanol–water partition coefficient (Wildman–Crippen LogP) is -0.677. The molecule has 123 heavy (non-hydrogen) atoms. The first-order valence-electron chi connectivity index (χ1n) is 23.6. The minimum Gasteiger partial charge on any atom is -0.869 e. The Balaban J connectivity index is -0.0000000816.